The van der Waals surface area contributed by atoms with Crippen molar-refractivity contribution in [3.05, 3.63) is 53.9 Å². The van der Waals surface area contributed by atoms with E-state index in [9.17, 15) is 26.7 Å². The van der Waals surface area contributed by atoms with Gasteiger partial charge in [-0.25, -0.2) is 31.3 Å². The van der Waals surface area contributed by atoms with Crippen LogP contribution in [0.3, 0.4) is 0 Å². The number of rotatable bonds is 17. The molecule has 1 amide bonds. The maximum absolute atomic E-state index is 15.8. The summed E-state index contributed by atoms with van der Waals surface area (Å²) in [4.78, 5) is 14.6. The van der Waals surface area contributed by atoms with Crippen LogP contribution in [0.25, 0.3) is 0 Å². The molecule has 1 heterocycles. The van der Waals surface area contributed by atoms with Crippen LogP contribution in [0.2, 0.25) is 0 Å². The lowest BCUT2D eigenvalue weighted by Gasteiger charge is -2.41. The zero-order valence-corrected chi connectivity index (χ0v) is 31.4. The van der Waals surface area contributed by atoms with E-state index in [4.69, 9.17) is 9.47 Å². The highest BCUT2D eigenvalue weighted by molar-refractivity contribution is 7.93. The molecule has 1 aromatic heterocycles. The average molecular weight is 776 g/mol. The maximum Gasteiger partial charge on any atom is 0.404 e. The summed E-state index contributed by atoms with van der Waals surface area (Å²) in [6.07, 6.45) is 1.95. The van der Waals surface area contributed by atoms with Crippen molar-refractivity contribution >= 4 is 48.7 Å². The van der Waals surface area contributed by atoms with E-state index in [-0.39, 0.29) is 29.9 Å². The summed E-state index contributed by atoms with van der Waals surface area (Å²) in [5.41, 5.74) is -0.856. The predicted molar refractivity (Wildman–Crippen MR) is 188 cm³/mol. The van der Waals surface area contributed by atoms with E-state index >= 15 is 8.78 Å². The molecular weight excluding hydrogens is 733 g/mol. The quantitative estimate of drug-likeness (QED) is 0.131. The number of hydrogen-bond donors (Lipinski definition) is 5. The topological polar surface area (TPSA) is 201 Å². The van der Waals surface area contributed by atoms with Gasteiger partial charge in [0, 0.05) is 59.3 Å². The molecule has 51 heavy (non-hydrogen) atoms. The molecule has 0 aliphatic heterocycles. The lowest BCUT2D eigenvalue weighted by molar-refractivity contribution is 0.159. The number of hydrogen-bond acceptors (Lipinski definition) is 11. The van der Waals surface area contributed by atoms with Gasteiger partial charge in [0.25, 0.3) is 20.2 Å². The van der Waals surface area contributed by atoms with Crippen molar-refractivity contribution in [3.63, 3.8) is 0 Å². The smallest absolute Gasteiger partial charge is 0.404 e. The van der Waals surface area contributed by atoms with Crippen LogP contribution in [0.15, 0.2) is 41.6 Å². The van der Waals surface area contributed by atoms with Crippen LogP contribution in [-0.2, 0) is 26.8 Å². The Labute approximate surface area is 300 Å². The van der Waals surface area contributed by atoms with E-state index in [1.165, 1.54) is 14.2 Å². The van der Waals surface area contributed by atoms with Crippen molar-refractivity contribution in [2.24, 2.45) is 11.8 Å². The lowest BCUT2D eigenvalue weighted by Crippen LogP contribution is -2.59. The van der Waals surface area contributed by atoms with Crippen molar-refractivity contribution < 1.29 is 45.0 Å². The fraction of sp³-hybridized carbons (Fsp3) is 0.516. The van der Waals surface area contributed by atoms with Gasteiger partial charge >= 0.3 is 6.09 Å². The number of anilines is 2. The monoisotopic (exact) mass is 775 g/mol. The first-order valence-corrected chi connectivity index (χ1v) is 19.6. The third-order valence-electron chi connectivity index (χ3n) is 8.33. The fourth-order valence-electron chi connectivity index (χ4n) is 5.74. The molecule has 0 unspecified atom stereocenters. The minimum Gasteiger partial charge on any atom is -0.497 e. The van der Waals surface area contributed by atoms with Gasteiger partial charge in [0.1, 0.15) is 34.4 Å². The molecule has 3 aromatic rings. The van der Waals surface area contributed by atoms with Crippen molar-refractivity contribution in [1.82, 2.24) is 24.1 Å². The predicted octanol–water partition coefficient (Wildman–Crippen LogP) is 4.30. The number of amides is 1. The van der Waals surface area contributed by atoms with Crippen molar-refractivity contribution in [3.8, 4) is 11.5 Å². The average Bonchev–Trinajstić information content (AvgIpc) is 3.53. The van der Waals surface area contributed by atoms with Crippen LogP contribution in [0.5, 0.6) is 11.5 Å². The summed E-state index contributed by atoms with van der Waals surface area (Å²) in [7, 11) is -6.03. The summed E-state index contributed by atoms with van der Waals surface area (Å²) < 4.78 is 106. The second-order valence-electron chi connectivity index (χ2n) is 13.1. The Hall–Kier alpha value is -3.85. The number of ether oxygens (including phenoxy) is 2. The first-order valence-electron chi connectivity index (χ1n) is 15.9. The van der Waals surface area contributed by atoms with Crippen LogP contribution in [-0.4, -0.2) is 75.8 Å². The van der Waals surface area contributed by atoms with E-state index in [0.29, 0.717) is 36.3 Å². The largest absolute Gasteiger partial charge is 0.497 e. The van der Waals surface area contributed by atoms with Gasteiger partial charge in [-0.05, 0) is 64.7 Å². The standard InChI is InChI=1S/C31H43F2N7O8S3/c1-18(37-30(41)42)22(28(19-8-7-9-19)38-51(45,46)39-31(2,3)4)15-34-25-13-24(33)27(14-23(25)32)50(43,44)40(29-35-17-36-49-29)16-20-10-11-21(47-5)12-26(20)48-6/h10-14,17-19,22,28,34,37-39H,7-9,15-16H2,1-6H3,(H,41,42)/t18-,22+,28-/m1/s1. The summed E-state index contributed by atoms with van der Waals surface area (Å²) in [6, 6.07) is 4.28. The van der Waals surface area contributed by atoms with E-state index < -0.39 is 72.1 Å². The molecule has 1 aliphatic rings. The second-order valence-corrected chi connectivity index (χ2v) is 17.2. The number of methoxy groups -OCH3 is 2. The third kappa shape index (κ3) is 10.1. The number of carbonyl (C=O) groups is 1. The number of aromatic nitrogens is 2. The van der Waals surface area contributed by atoms with Gasteiger partial charge < -0.3 is 25.2 Å². The third-order valence-corrected chi connectivity index (χ3v) is 12.4. The highest BCUT2D eigenvalue weighted by Gasteiger charge is 2.40. The van der Waals surface area contributed by atoms with Crippen molar-refractivity contribution in [2.75, 3.05) is 30.4 Å². The van der Waals surface area contributed by atoms with E-state index in [1.807, 2.05) is 0 Å². The molecule has 20 heteroatoms. The number of benzene rings is 2. The number of carboxylic acid groups (broad SMARTS) is 1. The Kier molecular flexibility index (Phi) is 12.7. The summed E-state index contributed by atoms with van der Waals surface area (Å²) in [5.74, 6) is -2.62. The first kappa shape index (κ1) is 39.9. The molecule has 1 saturated carbocycles. The van der Waals surface area contributed by atoms with E-state index in [1.54, 1.807) is 45.9 Å². The lowest BCUT2D eigenvalue weighted by atomic mass is 9.73. The van der Waals surface area contributed by atoms with Gasteiger partial charge in [0.2, 0.25) is 5.13 Å². The highest BCUT2D eigenvalue weighted by Crippen LogP contribution is 2.36. The van der Waals surface area contributed by atoms with Gasteiger partial charge in [-0.15, -0.1) is 0 Å². The molecule has 1 aliphatic carbocycles. The van der Waals surface area contributed by atoms with Gasteiger partial charge in [-0.1, -0.05) is 6.42 Å². The first-order chi connectivity index (χ1) is 23.8. The van der Waals surface area contributed by atoms with Gasteiger partial charge in [-0.3, -0.25) is 0 Å². The summed E-state index contributed by atoms with van der Waals surface area (Å²) in [5, 5.41) is 14.5. The second kappa shape index (κ2) is 16.2. The molecule has 4 rings (SSSR count). The Morgan fingerprint density at radius 1 is 1.10 bits per heavy atom. The Morgan fingerprint density at radius 3 is 2.35 bits per heavy atom. The normalized spacial score (nSPS) is 15.7. The van der Waals surface area contributed by atoms with Crippen LogP contribution >= 0.6 is 11.5 Å². The minimum absolute atomic E-state index is 0.108. The number of nitrogens with one attached hydrogen (secondary N) is 4. The molecule has 0 spiro atoms. The zero-order valence-electron chi connectivity index (χ0n) is 28.9. The van der Waals surface area contributed by atoms with Crippen LogP contribution in [0.1, 0.15) is 52.5 Å². The molecular formula is C31H43F2N7O8S3. The van der Waals surface area contributed by atoms with E-state index in [0.717, 1.165) is 28.6 Å². The van der Waals surface area contributed by atoms with Gasteiger partial charge in [0.05, 0.1) is 26.5 Å². The SMILES string of the molecule is COc1ccc(CN(c2ncns2)S(=O)(=O)c2cc(F)c(NC[C@H]([C@H](NS(=O)(=O)NC(C)(C)C)C3CCC3)[C@@H](C)NC(=O)O)cc2F)c(OC)c1. The zero-order chi connectivity index (χ0) is 37.7. The van der Waals surface area contributed by atoms with Gasteiger partial charge in [-0.2, -0.15) is 22.2 Å². The molecule has 0 bridgehead atoms. The van der Waals surface area contributed by atoms with Crippen molar-refractivity contribution in [2.45, 2.75) is 76.0 Å². The molecule has 0 radical (unpaired) electrons. The van der Waals surface area contributed by atoms with E-state index in [2.05, 4.69) is 29.4 Å². The Morgan fingerprint density at radius 2 is 1.80 bits per heavy atom. The number of sulfonamides is 1. The highest BCUT2D eigenvalue weighted by atomic mass is 32.2. The molecule has 282 valence electrons. The molecule has 0 saturated heterocycles. The van der Waals surface area contributed by atoms with Crippen LogP contribution < -0.4 is 33.9 Å². The number of nitrogens with zero attached hydrogens (tertiary/aromatic N) is 3. The number of halogens is 2. The Balaban J connectivity index is 1.66. The summed E-state index contributed by atoms with van der Waals surface area (Å²) in [6.45, 7) is 5.97. The molecule has 5 N–H and O–H groups in total. The van der Waals surface area contributed by atoms with Crippen LogP contribution in [0.4, 0.5) is 24.4 Å². The van der Waals surface area contributed by atoms with Crippen molar-refractivity contribution in [1.29, 1.82) is 0 Å². The molecule has 15 nitrogen and oxygen atoms in total. The molecule has 2 aromatic carbocycles. The maximum atomic E-state index is 15.8. The summed E-state index contributed by atoms with van der Waals surface area (Å²) >= 11 is 0.733. The van der Waals surface area contributed by atoms with Gasteiger partial charge in [0.15, 0.2) is 0 Å². The molecule has 1 fully saturated rings. The minimum atomic E-state index is -4.79. The van der Waals surface area contributed by atoms with Crippen LogP contribution in [0, 0.1) is 23.5 Å². The fourth-order valence-corrected chi connectivity index (χ4v) is 9.52. The molecule has 3 atom stereocenters. The Bertz CT molecular complexity index is 1890.